The van der Waals surface area contributed by atoms with Gasteiger partial charge in [-0.15, -0.1) is 0 Å². The monoisotopic (exact) mass is 319 g/mol. The molecule has 2 aromatic carbocycles. The Morgan fingerprint density at radius 3 is 2.54 bits per heavy atom. The highest BCUT2D eigenvalue weighted by molar-refractivity contribution is 5.98. The second kappa shape index (κ2) is 5.10. The van der Waals surface area contributed by atoms with Gasteiger partial charge in [0, 0.05) is 23.7 Å². The SMILES string of the molecule is N#Cc1ccc(-n2c(O)c3n(c2=O)CCCC3=O)c2ccccc12. The van der Waals surface area contributed by atoms with E-state index in [0.717, 1.165) is 4.57 Å². The van der Waals surface area contributed by atoms with E-state index in [1.165, 1.54) is 4.57 Å². The molecule has 0 fully saturated rings. The first-order chi connectivity index (χ1) is 11.6. The summed E-state index contributed by atoms with van der Waals surface area (Å²) in [4.78, 5) is 24.8. The van der Waals surface area contributed by atoms with Crippen molar-refractivity contribution in [3.63, 3.8) is 0 Å². The maximum absolute atomic E-state index is 12.7. The Morgan fingerprint density at radius 1 is 1.08 bits per heavy atom. The van der Waals surface area contributed by atoms with Crippen molar-refractivity contribution in [2.75, 3.05) is 0 Å². The summed E-state index contributed by atoms with van der Waals surface area (Å²) < 4.78 is 2.48. The van der Waals surface area contributed by atoms with Crippen molar-refractivity contribution >= 4 is 16.6 Å². The normalized spacial score (nSPS) is 13.7. The van der Waals surface area contributed by atoms with Gasteiger partial charge in [0.25, 0.3) is 0 Å². The van der Waals surface area contributed by atoms with E-state index in [9.17, 15) is 20.0 Å². The third-order valence-electron chi connectivity index (χ3n) is 4.43. The fourth-order valence-corrected chi connectivity index (χ4v) is 3.33. The number of fused-ring (bicyclic) bond motifs is 2. The lowest BCUT2D eigenvalue weighted by Crippen LogP contribution is -2.28. The molecule has 1 aromatic heterocycles. The van der Waals surface area contributed by atoms with Crippen molar-refractivity contribution in [1.29, 1.82) is 5.26 Å². The smallest absolute Gasteiger partial charge is 0.336 e. The second-order valence-electron chi connectivity index (χ2n) is 5.76. The standard InChI is InChI=1S/C18H13N3O3/c19-10-11-7-8-14(13-5-2-1-4-12(11)13)21-17(23)16-15(22)6-3-9-20(16)18(21)24/h1-2,4-5,7-8,23H,3,6,9H2. The van der Waals surface area contributed by atoms with Gasteiger partial charge >= 0.3 is 5.69 Å². The summed E-state index contributed by atoms with van der Waals surface area (Å²) in [5.41, 5.74) is 0.578. The van der Waals surface area contributed by atoms with E-state index in [1.807, 2.05) is 6.07 Å². The second-order valence-corrected chi connectivity index (χ2v) is 5.76. The van der Waals surface area contributed by atoms with Crippen LogP contribution in [0.1, 0.15) is 28.9 Å². The molecule has 1 aliphatic heterocycles. The number of imidazole rings is 1. The fraction of sp³-hybridized carbons (Fsp3) is 0.167. The van der Waals surface area contributed by atoms with Crippen LogP contribution in [0.3, 0.4) is 0 Å². The Balaban J connectivity index is 2.10. The van der Waals surface area contributed by atoms with Gasteiger partial charge in [-0.3, -0.25) is 9.36 Å². The molecule has 0 spiro atoms. The van der Waals surface area contributed by atoms with E-state index in [0.29, 0.717) is 41.4 Å². The first-order valence-corrected chi connectivity index (χ1v) is 7.63. The maximum atomic E-state index is 12.7. The van der Waals surface area contributed by atoms with Crippen molar-refractivity contribution in [2.45, 2.75) is 19.4 Å². The number of nitriles is 1. The Bertz CT molecular complexity index is 1100. The van der Waals surface area contributed by atoms with E-state index >= 15 is 0 Å². The van der Waals surface area contributed by atoms with Crippen molar-refractivity contribution in [2.24, 2.45) is 0 Å². The minimum Gasteiger partial charge on any atom is -0.493 e. The van der Waals surface area contributed by atoms with Crippen LogP contribution in [-0.2, 0) is 6.54 Å². The molecule has 2 heterocycles. The quantitative estimate of drug-likeness (QED) is 0.745. The molecule has 3 aromatic rings. The maximum Gasteiger partial charge on any atom is 0.336 e. The number of carbonyl (C=O) groups is 1. The van der Waals surface area contributed by atoms with Gasteiger partial charge in [-0.1, -0.05) is 24.3 Å². The Hall–Kier alpha value is -3.33. The molecule has 0 bridgehead atoms. The molecule has 0 atom stereocenters. The molecule has 0 radical (unpaired) electrons. The third kappa shape index (κ3) is 1.82. The highest BCUT2D eigenvalue weighted by Crippen LogP contribution is 2.30. The minimum atomic E-state index is -0.439. The molecular weight excluding hydrogens is 306 g/mol. The molecule has 0 saturated carbocycles. The zero-order valence-corrected chi connectivity index (χ0v) is 12.7. The van der Waals surface area contributed by atoms with E-state index in [2.05, 4.69) is 6.07 Å². The molecule has 1 aliphatic rings. The highest BCUT2D eigenvalue weighted by Gasteiger charge is 2.29. The predicted molar refractivity (Wildman–Crippen MR) is 87.5 cm³/mol. The number of aromatic nitrogens is 2. The van der Waals surface area contributed by atoms with Crippen LogP contribution in [0.25, 0.3) is 16.5 Å². The summed E-state index contributed by atoms with van der Waals surface area (Å²) in [6.07, 6.45) is 0.911. The summed E-state index contributed by atoms with van der Waals surface area (Å²) in [6.45, 7) is 0.411. The van der Waals surface area contributed by atoms with E-state index in [4.69, 9.17) is 0 Å². The van der Waals surface area contributed by atoms with Crippen molar-refractivity contribution < 1.29 is 9.90 Å². The van der Waals surface area contributed by atoms with E-state index < -0.39 is 5.69 Å². The molecule has 24 heavy (non-hydrogen) atoms. The lowest BCUT2D eigenvalue weighted by atomic mass is 10.0. The molecule has 0 saturated heterocycles. The predicted octanol–water partition coefficient (Wildman–Crippen LogP) is 2.35. The summed E-state index contributed by atoms with van der Waals surface area (Å²) in [5.74, 6) is -0.563. The molecule has 4 rings (SSSR count). The zero-order chi connectivity index (χ0) is 16.8. The molecular formula is C18H13N3O3. The minimum absolute atomic E-state index is 0.0692. The number of hydrogen-bond acceptors (Lipinski definition) is 4. The van der Waals surface area contributed by atoms with Gasteiger partial charge in [-0.2, -0.15) is 5.26 Å². The van der Waals surface area contributed by atoms with Gasteiger partial charge in [-0.25, -0.2) is 9.36 Å². The molecule has 6 nitrogen and oxygen atoms in total. The Kier molecular flexibility index (Phi) is 3.03. The van der Waals surface area contributed by atoms with Crippen molar-refractivity contribution in [3.05, 3.63) is 58.1 Å². The van der Waals surface area contributed by atoms with Gasteiger partial charge < -0.3 is 5.11 Å². The molecule has 0 unspecified atom stereocenters. The zero-order valence-electron chi connectivity index (χ0n) is 12.7. The number of carbonyl (C=O) groups excluding carboxylic acids is 1. The average Bonchev–Trinajstić information content (AvgIpc) is 2.86. The average molecular weight is 319 g/mol. The third-order valence-corrected chi connectivity index (χ3v) is 4.43. The molecule has 6 heteroatoms. The number of rotatable bonds is 1. The first kappa shape index (κ1) is 14.3. The topological polar surface area (TPSA) is 88.0 Å². The van der Waals surface area contributed by atoms with Crippen LogP contribution in [0.4, 0.5) is 0 Å². The number of hydrogen-bond donors (Lipinski definition) is 1. The van der Waals surface area contributed by atoms with Gasteiger partial charge in [0.05, 0.1) is 17.3 Å². The number of nitrogens with zero attached hydrogens (tertiary/aromatic N) is 3. The molecule has 0 aliphatic carbocycles. The number of aromatic hydroxyl groups is 1. The summed E-state index contributed by atoms with van der Waals surface area (Å²) >= 11 is 0. The van der Waals surface area contributed by atoms with Gasteiger partial charge in [-0.05, 0) is 18.6 Å². The lowest BCUT2D eigenvalue weighted by molar-refractivity contribution is 0.0951. The van der Waals surface area contributed by atoms with Crippen LogP contribution in [0.2, 0.25) is 0 Å². The summed E-state index contributed by atoms with van der Waals surface area (Å²) in [7, 11) is 0. The van der Waals surface area contributed by atoms with Crippen LogP contribution < -0.4 is 5.69 Å². The van der Waals surface area contributed by atoms with Crippen molar-refractivity contribution in [3.8, 4) is 17.6 Å². The number of Topliss-reactive ketones (excluding diaryl/α,β-unsaturated/α-hetero) is 1. The fourth-order valence-electron chi connectivity index (χ4n) is 3.33. The lowest BCUT2D eigenvalue weighted by Gasteiger charge is -2.11. The van der Waals surface area contributed by atoms with Crippen LogP contribution in [-0.4, -0.2) is 20.0 Å². The number of ketones is 1. The van der Waals surface area contributed by atoms with E-state index in [-0.39, 0.29) is 17.4 Å². The summed E-state index contributed by atoms with van der Waals surface area (Å²) in [6, 6.07) is 12.6. The molecule has 0 amide bonds. The summed E-state index contributed by atoms with van der Waals surface area (Å²) in [5, 5.41) is 21.1. The number of benzene rings is 2. The van der Waals surface area contributed by atoms with Crippen LogP contribution in [0, 0.1) is 11.3 Å². The van der Waals surface area contributed by atoms with Gasteiger partial charge in [0.1, 0.15) is 0 Å². The van der Waals surface area contributed by atoms with Crippen molar-refractivity contribution in [1.82, 2.24) is 9.13 Å². The molecule has 1 N–H and O–H groups in total. The largest absolute Gasteiger partial charge is 0.493 e. The first-order valence-electron chi connectivity index (χ1n) is 7.63. The van der Waals surface area contributed by atoms with E-state index in [1.54, 1.807) is 30.3 Å². The van der Waals surface area contributed by atoms with Crippen LogP contribution in [0.15, 0.2) is 41.2 Å². The highest BCUT2D eigenvalue weighted by atomic mass is 16.3. The van der Waals surface area contributed by atoms with Crippen LogP contribution in [0.5, 0.6) is 5.88 Å². The Labute approximate surface area is 136 Å². The van der Waals surface area contributed by atoms with Crippen LogP contribution >= 0.6 is 0 Å². The van der Waals surface area contributed by atoms with Gasteiger partial charge in [0.15, 0.2) is 11.5 Å². The van der Waals surface area contributed by atoms with Gasteiger partial charge in [0.2, 0.25) is 5.88 Å². The molecule has 118 valence electrons. The Morgan fingerprint density at radius 2 is 1.83 bits per heavy atom.